The van der Waals surface area contributed by atoms with Crippen LogP contribution in [0.4, 0.5) is 5.69 Å². The van der Waals surface area contributed by atoms with Gasteiger partial charge in [-0.05, 0) is 38.1 Å². The number of nitrogens with zero attached hydrogens (tertiary/aromatic N) is 3. The molecule has 24 heavy (non-hydrogen) atoms. The Labute approximate surface area is 148 Å². The predicted molar refractivity (Wildman–Crippen MR) is 97.9 cm³/mol. The van der Waals surface area contributed by atoms with Crippen molar-refractivity contribution in [3.63, 3.8) is 0 Å². The maximum atomic E-state index is 12.8. The van der Waals surface area contributed by atoms with Crippen molar-refractivity contribution in [3.05, 3.63) is 34.9 Å². The molecule has 2 heterocycles. The average molecular weight is 341 g/mol. The van der Waals surface area contributed by atoms with E-state index in [9.17, 15) is 10.1 Å². The molecule has 0 spiro atoms. The van der Waals surface area contributed by atoms with E-state index >= 15 is 0 Å². The fourth-order valence-electron chi connectivity index (χ4n) is 3.30. The lowest BCUT2D eigenvalue weighted by Gasteiger charge is -2.24. The number of Topliss-reactive ketones (excluding diaryl/α,β-unsaturated/α-hetero) is 1. The largest absolute Gasteiger partial charge is 0.337 e. The maximum Gasteiger partial charge on any atom is 0.190 e. The van der Waals surface area contributed by atoms with Gasteiger partial charge >= 0.3 is 0 Å². The highest BCUT2D eigenvalue weighted by Gasteiger charge is 2.28. The molecule has 0 N–H and O–H groups in total. The molecule has 0 radical (unpaired) electrons. The van der Waals surface area contributed by atoms with Crippen molar-refractivity contribution in [3.8, 4) is 6.07 Å². The molecule has 1 fully saturated rings. The summed E-state index contributed by atoms with van der Waals surface area (Å²) in [7, 11) is 1.93. The van der Waals surface area contributed by atoms with Crippen LogP contribution < -0.4 is 4.90 Å². The molecule has 0 saturated carbocycles. The molecule has 2 aliphatic heterocycles. The number of rotatable bonds is 3. The van der Waals surface area contributed by atoms with Crippen molar-refractivity contribution < 1.29 is 4.79 Å². The number of carbonyl (C=O) groups is 1. The molecule has 1 saturated heterocycles. The standard InChI is InChI=1S/C19H23N3OS/c1-21-16-9-5-6-10-18(16)24-19(21)15(13-20)17(23)14-22-11-7-3-2-4-8-12-22/h5-6,9-10H,2-4,7-8,11-12,14H2,1H3/b19-15-. The fourth-order valence-corrected chi connectivity index (χ4v) is 4.47. The third kappa shape index (κ3) is 3.66. The van der Waals surface area contributed by atoms with Crippen molar-refractivity contribution >= 4 is 23.2 Å². The van der Waals surface area contributed by atoms with Gasteiger partial charge in [0.15, 0.2) is 5.78 Å². The normalized spacial score (nSPS) is 20.8. The second-order valence-corrected chi connectivity index (χ2v) is 7.42. The van der Waals surface area contributed by atoms with Gasteiger partial charge in [-0.1, -0.05) is 43.2 Å². The number of hydrogen-bond acceptors (Lipinski definition) is 5. The summed E-state index contributed by atoms with van der Waals surface area (Å²) in [4.78, 5) is 18.0. The molecule has 0 amide bonds. The first-order valence-corrected chi connectivity index (χ1v) is 9.43. The van der Waals surface area contributed by atoms with E-state index in [-0.39, 0.29) is 5.78 Å². The molecule has 3 rings (SSSR count). The third-order valence-electron chi connectivity index (χ3n) is 4.66. The van der Waals surface area contributed by atoms with Crippen molar-refractivity contribution in [2.45, 2.75) is 37.0 Å². The topological polar surface area (TPSA) is 47.3 Å². The van der Waals surface area contributed by atoms with E-state index in [1.54, 1.807) is 0 Å². The van der Waals surface area contributed by atoms with Crippen LogP contribution in [0.3, 0.4) is 0 Å². The summed E-state index contributed by atoms with van der Waals surface area (Å²) in [5.41, 5.74) is 1.35. The van der Waals surface area contributed by atoms with E-state index in [0.717, 1.165) is 41.5 Å². The third-order valence-corrected chi connectivity index (χ3v) is 5.89. The second kappa shape index (κ2) is 7.87. The predicted octanol–water partition coefficient (Wildman–Crippen LogP) is 3.80. The van der Waals surface area contributed by atoms with E-state index in [1.807, 2.05) is 36.2 Å². The second-order valence-electron chi connectivity index (χ2n) is 6.39. The van der Waals surface area contributed by atoms with Crippen LogP contribution in [0.5, 0.6) is 0 Å². The maximum absolute atomic E-state index is 12.8. The number of anilines is 1. The zero-order valence-corrected chi connectivity index (χ0v) is 14.9. The smallest absolute Gasteiger partial charge is 0.190 e. The van der Waals surface area contributed by atoms with E-state index in [2.05, 4.69) is 11.0 Å². The summed E-state index contributed by atoms with van der Waals surface area (Å²) in [6, 6.07) is 10.2. The lowest BCUT2D eigenvalue weighted by Crippen LogP contribution is -2.33. The van der Waals surface area contributed by atoms with Gasteiger partial charge in [-0.2, -0.15) is 5.26 Å². The Hall–Kier alpha value is -1.77. The van der Waals surface area contributed by atoms with Gasteiger partial charge in [-0.15, -0.1) is 0 Å². The number of carbonyl (C=O) groups excluding carboxylic acids is 1. The van der Waals surface area contributed by atoms with Crippen LogP contribution >= 0.6 is 11.8 Å². The number of nitriles is 1. The molecule has 5 heteroatoms. The van der Waals surface area contributed by atoms with E-state index in [1.165, 1.54) is 31.0 Å². The summed E-state index contributed by atoms with van der Waals surface area (Å²) >= 11 is 1.52. The van der Waals surface area contributed by atoms with Crippen molar-refractivity contribution in [2.24, 2.45) is 0 Å². The quantitative estimate of drug-likeness (QED) is 0.618. The first-order valence-electron chi connectivity index (χ1n) is 8.61. The summed E-state index contributed by atoms with van der Waals surface area (Å²) in [6.07, 6.45) is 6.07. The first-order chi connectivity index (χ1) is 11.7. The molecule has 0 atom stereocenters. The molecule has 0 unspecified atom stereocenters. The zero-order chi connectivity index (χ0) is 16.9. The van der Waals surface area contributed by atoms with Crippen LogP contribution in [0.15, 0.2) is 39.8 Å². The number of fused-ring (bicyclic) bond motifs is 1. The van der Waals surface area contributed by atoms with Crippen molar-refractivity contribution in [1.82, 2.24) is 4.90 Å². The van der Waals surface area contributed by atoms with Crippen LogP contribution in [-0.2, 0) is 4.79 Å². The number of para-hydroxylation sites is 1. The van der Waals surface area contributed by atoms with Crippen LogP contribution in [0.25, 0.3) is 0 Å². The number of thioether (sulfide) groups is 1. The Balaban J connectivity index is 1.76. The molecule has 4 nitrogen and oxygen atoms in total. The summed E-state index contributed by atoms with van der Waals surface area (Å²) in [5.74, 6) is -0.0553. The number of ketones is 1. The molecule has 0 aliphatic carbocycles. The molecule has 0 bridgehead atoms. The van der Waals surface area contributed by atoms with Crippen LogP contribution in [0.1, 0.15) is 32.1 Å². The summed E-state index contributed by atoms with van der Waals surface area (Å²) in [6.45, 7) is 2.28. The Morgan fingerprint density at radius 2 is 1.83 bits per heavy atom. The number of benzene rings is 1. The Morgan fingerprint density at radius 3 is 2.50 bits per heavy atom. The lowest BCUT2D eigenvalue weighted by atomic mass is 10.1. The molecule has 1 aromatic rings. The van der Waals surface area contributed by atoms with E-state index < -0.39 is 0 Å². The van der Waals surface area contributed by atoms with Gasteiger partial charge in [0.05, 0.1) is 12.2 Å². The lowest BCUT2D eigenvalue weighted by molar-refractivity contribution is -0.116. The minimum atomic E-state index is -0.0553. The minimum absolute atomic E-state index is 0.0553. The SMILES string of the molecule is CN1/C(=C(\C#N)C(=O)CN2CCCCCCC2)Sc2ccccc21. The average Bonchev–Trinajstić information content (AvgIpc) is 2.88. The van der Waals surface area contributed by atoms with Gasteiger partial charge in [0.1, 0.15) is 16.7 Å². The van der Waals surface area contributed by atoms with Gasteiger partial charge in [0, 0.05) is 11.9 Å². The Bertz CT molecular complexity index is 684. The van der Waals surface area contributed by atoms with Gasteiger partial charge in [0.2, 0.25) is 0 Å². The highest BCUT2D eigenvalue weighted by atomic mass is 32.2. The Kier molecular flexibility index (Phi) is 5.60. The van der Waals surface area contributed by atoms with Crippen LogP contribution in [0, 0.1) is 11.3 Å². The Morgan fingerprint density at radius 1 is 1.17 bits per heavy atom. The van der Waals surface area contributed by atoms with Crippen molar-refractivity contribution in [1.29, 1.82) is 5.26 Å². The van der Waals surface area contributed by atoms with Crippen molar-refractivity contribution in [2.75, 3.05) is 31.6 Å². The minimum Gasteiger partial charge on any atom is -0.337 e. The van der Waals surface area contributed by atoms with Crippen LogP contribution in [-0.4, -0.2) is 37.4 Å². The van der Waals surface area contributed by atoms with E-state index in [4.69, 9.17) is 0 Å². The number of likely N-dealkylation sites (tertiary alicyclic amines) is 1. The van der Waals surface area contributed by atoms with Crippen LogP contribution in [0.2, 0.25) is 0 Å². The molecular weight excluding hydrogens is 318 g/mol. The molecule has 126 valence electrons. The first kappa shape index (κ1) is 17.1. The zero-order valence-electron chi connectivity index (χ0n) is 14.1. The molecule has 0 aromatic heterocycles. The van der Waals surface area contributed by atoms with E-state index in [0.29, 0.717) is 12.1 Å². The molecular formula is C19H23N3OS. The highest BCUT2D eigenvalue weighted by Crippen LogP contribution is 2.46. The van der Waals surface area contributed by atoms with Gasteiger partial charge in [0.25, 0.3) is 0 Å². The summed E-state index contributed by atoms with van der Waals surface area (Å²) in [5, 5.41) is 10.4. The molecule has 2 aliphatic rings. The monoisotopic (exact) mass is 341 g/mol. The highest BCUT2D eigenvalue weighted by molar-refractivity contribution is 8.03. The fraction of sp³-hybridized carbons (Fsp3) is 0.474. The number of hydrogen-bond donors (Lipinski definition) is 0. The summed E-state index contributed by atoms with van der Waals surface area (Å²) < 4.78 is 0. The van der Waals surface area contributed by atoms with Gasteiger partial charge < -0.3 is 4.90 Å². The molecule has 1 aromatic carbocycles. The van der Waals surface area contributed by atoms with Gasteiger partial charge in [-0.25, -0.2) is 0 Å². The van der Waals surface area contributed by atoms with Gasteiger partial charge in [-0.3, -0.25) is 9.69 Å².